The molecule has 2 aromatic carbocycles. The third-order valence-corrected chi connectivity index (χ3v) is 4.43. The van der Waals surface area contributed by atoms with E-state index in [2.05, 4.69) is 21.0 Å². The van der Waals surface area contributed by atoms with Gasteiger partial charge in [-0.3, -0.25) is 0 Å². The molecular formula is C13H11BrN2O5S. The second-order valence-electron chi connectivity index (χ2n) is 4.18. The van der Waals surface area contributed by atoms with E-state index in [-0.39, 0.29) is 10.5 Å². The molecule has 2 aromatic rings. The molecule has 0 amide bonds. The zero-order chi connectivity index (χ0) is 16.3. The first-order valence-corrected chi connectivity index (χ1v) is 8.13. The summed E-state index contributed by atoms with van der Waals surface area (Å²) in [5.74, 6) is -1.81. The van der Waals surface area contributed by atoms with Crippen LogP contribution >= 0.6 is 15.9 Å². The van der Waals surface area contributed by atoms with Crippen LogP contribution in [0.5, 0.6) is 17.2 Å². The molecule has 0 aromatic heterocycles. The maximum absolute atomic E-state index is 11.9. The maximum atomic E-state index is 11.9. The number of halogens is 1. The quantitative estimate of drug-likeness (QED) is 0.363. The van der Waals surface area contributed by atoms with Crippen LogP contribution in [0.4, 0.5) is 0 Å². The van der Waals surface area contributed by atoms with Gasteiger partial charge in [-0.15, -0.1) is 0 Å². The van der Waals surface area contributed by atoms with Gasteiger partial charge < -0.3 is 15.3 Å². The fourth-order valence-electron chi connectivity index (χ4n) is 1.52. The molecule has 7 nitrogen and oxygen atoms in total. The molecule has 0 fully saturated rings. The van der Waals surface area contributed by atoms with Crippen molar-refractivity contribution in [3.63, 3.8) is 0 Å². The van der Waals surface area contributed by atoms with Crippen molar-refractivity contribution < 1.29 is 23.7 Å². The highest BCUT2D eigenvalue weighted by molar-refractivity contribution is 9.10. The number of sulfonamides is 1. The highest BCUT2D eigenvalue weighted by atomic mass is 79.9. The minimum absolute atomic E-state index is 0.0191. The number of nitrogens with zero attached hydrogens (tertiary/aromatic N) is 1. The van der Waals surface area contributed by atoms with E-state index < -0.39 is 27.3 Å². The summed E-state index contributed by atoms with van der Waals surface area (Å²) in [6, 6.07) is 8.34. The Bertz CT molecular complexity index is 819. The van der Waals surface area contributed by atoms with Gasteiger partial charge in [0.25, 0.3) is 10.0 Å². The Balaban J connectivity index is 2.19. The van der Waals surface area contributed by atoms with E-state index in [1.807, 2.05) is 4.83 Å². The van der Waals surface area contributed by atoms with Crippen LogP contribution in [-0.2, 0) is 10.0 Å². The predicted octanol–water partition coefficient (Wildman–Crippen LogP) is 1.88. The summed E-state index contributed by atoms with van der Waals surface area (Å²) >= 11 is 3.20. The molecule has 0 aliphatic carbocycles. The first kappa shape index (κ1) is 16.1. The smallest absolute Gasteiger partial charge is 0.276 e. The largest absolute Gasteiger partial charge is 0.504 e. The normalized spacial score (nSPS) is 11.7. The van der Waals surface area contributed by atoms with E-state index >= 15 is 0 Å². The van der Waals surface area contributed by atoms with Crippen molar-refractivity contribution in [2.24, 2.45) is 5.10 Å². The number of phenolic OH excluding ortho intramolecular Hbond substituents is 3. The van der Waals surface area contributed by atoms with Crippen LogP contribution in [0, 0.1) is 0 Å². The molecule has 0 saturated carbocycles. The first-order chi connectivity index (χ1) is 10.3. The molecule has 0 bridgehead atoms. The van der Waals surface area contributed by atoms with Crippen molar-refractivity contribution in [3.05, 3.63) is 46.4 Å². The topological polar surface area (TPSA) is 119 Å². The Labute approximate surface area is 134 Å². The number of phenols is 3. The minimum atomic E-state index is -3.84. The van der Waals surface area contributed by atoms with Crippen molar-refractivity contribution in [1.82, 2.24) is 4.83 Å². The molecule has 0 saturated heterocycles. The molecule has 0 aliphatic rings. The number of benzene rings is 2. The Morgan fingerprint density at radius 1 is 1.00 bits per heavy atom. The van der Waals surface area contributed by atoms with Crippen LogP contribution in [0.2, 0.25) is 0 Å². The zero-order valence-corrected chi connectivity index (χ0v) is 13.3. The molecule has 9 heteroatoms. The minimum Gasteiger partial charge on any atom is -0.504 e. The molecule has 0 atom stereocenters. The van der Waals surface area contributed by atoms with Crippen LogP contribution < -0.4 is 4.83 Å². The number of nitrogens with one attached hydrogen (secondary N) is 1. The molecule has 4 N–H and O–H groups in total. The van der Waals surface area contributed by atoms with Crippen molar-refractivity contribution in [2.45, 2.75) is 4.90 Å². The van der Waals surface area contributed by atoms with E-state index in [0.717, 1.165) is 16.8 Å². The van der Waals surface area contributed by atoms with E-state index in [1.54, 1.807) is 12.1 Å². The van der Waals surface area contributed by atoms with E-state index in [4.69, 9.17) is 0 Å². The van der Waals surface area contributed by atoms with Crippen LogP contribution in [0.3, 0.4) is 0 Å². The Hall–Kier alpha value is -2.26. The molecule has 0 unspecified atom stereocenters. The van der Waals surface area contributed by atoms with Crippen molar-refractivity contribution in [2.75, 3.05) is 0 Å². The SMILES string of the molecule is O=S(=O)(N/N=C/c1ccc(O)c(O)c1O)c1ccc(Br)cc1. The van der Waals surface area contributed by atoms with Crippen LogP contribution in [0.25, 0.3) is 0 Å². The summed E-state index contributed by atoms with van der Waals surface area (Å²) in [5, 5.41) is 31.6. The lowest BCUT2D eigenvalue weighted by atomic mass is 10.2. The summed E-state index contributed by atoms with van der Waals surface area (Å²) in [4.78, 5) is 1.99. The summed E-state index contributed by atoms with van der Waals surface area (Å²) < 4.78 is 24.6. The number of hydrogen-bond donors (Lipinski definition) is 4. The Morgan fingerprint density at radius 2 is 1.64 bits per heavy atom. The van der Waals surface area contributed by atoms with E-state index in [9.17, 15) is 23.7 Å². The highest BCUT2D eigenvalue weighted by Gasteiger charge is 2.13. The van der Waals surface area contributed by atoms with Gasteiger partial charge in [-0.1, -0.05) is 15.9 Å². The standard InChI is InChI=1S/C13H11BrN2O5S/c14-9-2-4-10(5-3-9)22(20,21)16-15-7-8-1-6-11(17)13(19)12(8)18/h1-7,16-19H/b15-7+. The van der Waals surface area contributed by atoms with Crippen LogP contribution in [0.1, 0.15) is 5.56 Å². The maximum Gasteiger partial charge on any atom is 0.276 e. The molecule has 0 aliphatic heterocycles. The second-order valence-corrected chi connectivity index (χ2v) is 6.75. The van der Waals surface area contributed by atoms with Gasteiger partial charge in [0.15, 0.2) is 11.5 Å². The third-order valence-electron chi connectivity index (χ3n) is 2.66. The summed E-state index contributed by atoms with van der Waals surface area (Å²) in [7, 11) is -3.84. The molecule has 22 heavy (non-hydrogen) atoms. The molecule has 2 rings (SSSR count). The van der Waals surface area contributed by atoms with Gasteiger partial charge in [-0.25, -0.2) is 4.83 Å². The zero-order valence-electron chi connectivity index (χ0n) is 10.9. The molecule has 116 valence electrons. The van der Waals surface area contributed by atoms with Crippen LogP contribution in [0.15, 0.2) is 50.9 Å². The van der Waals surface area contributed by atoms with Gasteiger partial charge >= 0.3 is 0 Å². The Kier molecular flexibility index (Phi) is 4.57. The third kappa shape index (κ3) is 3.49. The van der Waals surface area contributed by atoms with Crippen LogP contribution in [-0.4, -0.2) is 30.0 Å². The van der Waals surface area contributed by atoms with Gasteiger partial charge in [0, 0.05) is 10.0 Å². The molecule has 0 radical (unpaired) electrons. The van der Waals surface area contributed by atoms with Gasteiger partial charge in [0.1, 0.15) is 0 Å². The Morgan fingerprint density at radius 3 is 2.27 bits per heavy atom. The molecule has 0 heterocycles. The molecular weight excluding hydrogens is 376 g/mol. The fraction of sp³-hybridized carbons (Fsp3) is 0. The second kappa shape index (κ2) is 6.24. The van der Waals surface area contributed by atoms with Gasteiger partial charge in [0.2, 0.25) is 5.75 Å². The van der Waals surface area contributed by atoms with Gasteiger partial charge in [0.05, 0.1) is 11.1 Å². The number of hydrazone groups is 1. The predicted molar refractivity (Wildman–Crippen MR) is 83.5 cm³/mol. The highest BCUT2D eigenvalue weighted by Crippen LogP contribution is 2.36. The number of aromatic hydroxyl groups is 3. The lowest BCUT2D eigenvalue weighted by Crippen LogP contribution is -2.18. The van der Waals surface area contributed by atoms with Crippen molar-refractivity contribution >= 4 is 32.2 Å². The van der Waals surface area contributed by atoms with Gasteiger partial charge in [-0.2, -0.15) is 13.5 Å². The first-order valence-electron chi connectivity index (χ1n) is 5.85. The average molecular weight is 387 g/mol. The summed E-state index contributed by atoms with van der Waals surface area (Å²) in [6.07, 6.45) is 1.00. The fourth-order valence-corrected chi connectivity index (χ4v) is 2.58. The number of hydrogen-bond acceptors (Lipinski definition) is 6. The number of rotatable bonds is 4. The lowest BCUT2D eigenvalue weighted by Gasteiger charge is -2.05. The summed E-state index contributed by atoms with van der Waals surface area (Å²) in [6.45, 7) is 0. The monoisotopic (exact) mass is 386 g/mol. The van der Waals surface area contributed by atoms with Gasteiger partial charge in [-0.05, 0) is 36.4 Å². The lowest BCUT2D eigenvalue weighted by molar-refractivity contribution is 0.367. The van der Waals surface area contributed by atoms with E-state index in [1.165, 1.54) is 18.2 Å². The van der Waals surface area contributed by atoms with Crippen molar-refractivity contribution in [3.8, 4) is 17.2 Å². The molecule has 0 spiro atoms. The van der Waals surface area contributed by atoms with Crippen molar-refractivity contribution in [1.29, 1.82) is 0 Å². The summed E-state index contributed by atoms with van der Waals surface area (Å²) in [5.41, 5.74) is 0.0359. The van der Waals surface area contributed by atoms with E-state index in [0.29, 0.717) is 0 Å². The average Bonchev–Trinajstić information content (AvgIpc) is 2.48.